The largest absolute Gasteiger partial charge is 0.486 e. The maximum absolute atomic E-state index is 5.77. The van der Waals surface area contributed by atoms with Crippen molar-refractivity contribution < 1.29 is 4.74 Å². The standard InChI is InChI=1S/C17H13BrN4OS/c18-13-8-6-12(7-9-13)15-11-24-17-20-19-16(22(17)21-15)10-23-14-4-2-1-3-5-14/h1-9H,10-11H2. The first-order valence-electron chi connectivity index (χ1n) is 7.38. The van der Waals surface area contributed by atoms with Gasteiger partial charge >= 0.3 is 0 Å². The number of hydrogen-bond acceptors (Lipinski definition) is 5. The molecule has 1 aromatic heterocycles. The van der Waals surface area contributed by atoms with Crippen LogP contribution in [0.25, 0.3) is 0 Å². The lowest BCUT2D eigenvalue weighted by molar-refractivity contribution is 0.290. The molecular weight excluding hydrogens is 388 g/mol. The van der Waals surface area contributed by atoms with Crippen LogP contribution in [-0.2, 0) is 6.61 Å². The van der Waals surface area contributed by atoms with Crippen molar-refractivity contribution in [3.05, 3.63) is 70.5 Å². The minimum Gasteiger partial charge on any atom is -0.486 e. The summed E-state index contributed by atoms with van der Waals surface area (Å²) < 4.78 is 8.59. The van der Waals surface area contributed by atoms with E-state index >= 15 is 0 Å². The summed E-state index contributed by atoms with van der Waals surface area (Å²) in [5, 5.41) is 13.9. The van der Waals surface area contributed by atoms with Gasteiger partial charge in [0, 0.05) is 10.2 Å². The smallest absolute Gasteiger partial charge is 0.212 e. The summed E-state index contributed by atoms with van der Waals surface area (Å²) in [4.78, 5) is 0. The Morgan fingerprint density at radius 1 is 1.04 bits per heavy atom. The third kappa shape index (κ3) is 3.22. The van der Waals surface area contributed by atoms with Gasteiger partial charge in [0.1, 0.15) is 12.4 Å². The van der Waals surface area contributed by atoms with Gasteiger partial charge in [-0.2, -0.15) is 9.78 Å². The van der Waals surface area contributed by atoms with E-state index in [2.05, 4.69) is 38.3 Å². The summed E-state index contributed by atoms with van der Waals surface area (Å²) >= 11 is 5.09. The number of nitrogens with zero attached hydrogens (tertiary/aromatic N) is 4. The number of benzene rings is 2. The van der Waals surface area contributed by atoms with Crippen molar-refractivity contribution >= 4 is 33.4 Å². The second kappa shape index (κ2) is 6.78. The minimum absolute atomic E-state index is 0.328. The molecule has 24 heavy (non-hydrogen) atoms. The molecule has 0 atom stereocenters. The first-order chi connectivity index (χ1) is 11.8. The highest BCUT2D eigenvalue weighted by Gasteiger charge is 2.20. The molecule has 0 spiro atoms. The maximum atomic E-state index is 5.77. The summed E-state index contributed by atoms with van der Waals surface area (Å²) in [7, 11) is 0. The average molecular weight is 401 g/mol. The Kier molecular flexibility index (Phi) is 4.36. The normalized spacial score (nSPS) is 13.3. The zero-order chi connectivity index (χ0) is 16.4. The van der Waals surface area contributed by atoms with E-state index in [9.17, 15) is 0 Å². The van der Waals surface area contributed by atoms with Crippen LogP contribution in [0.5, 0.6) is 5.75 Å². The van der Waals surface area contributed by atoms with Crippen molar-refractivity contribution in [2.75, 3.05) is 5.75 Å². The lowest BCUT2D eigenvalue weighted by atomic mass is 10.1. The van der Waals surface area contributed by atoms with Crippen molar-refractivity contribution in [2.24, 2.45) is 5.10 Å². The number of rotatable bonds is 4. The fourth-order valence-electron chi connectivity index (χ4n) is 2.31. The first-order valence-corrected chi connectivity index (χ1v) is 9.16. The van der Waals surface area contributed by atoms with Crippen LogP contribution in [0, 0.1) is 0 Å². The highest BCUT2D eigenvalue weighted by molar-refractivity contribution is 9.10. The summed E-state index contributed by atoms with van der Waals surface area (Å²) in [6.07, 6.45) is 0. The van der Waals surface area contributed by atoms with Gasteiger partial charge in [-0.3, -0.25) is 0 Å². The van der Waals surface area contributed by atoms with Gasteiger partial charge in [0.25, 0.3) is 0 Å². The Hall–Kier alpha value is -2.12. The van der Waals surface area contributed by atoms with E-state index < -0.39 is 0 Å². The fourth-order valence-corrected chi connectivity index (χ4v) is 3.43. The van der Waals surface area contributed by atoms with E-state index in [-0.39, 0.29) is 0 Å². The number of hydrogen-bond donors (Lipinski definition) is 0. The molecule has 0 aliphatic carbocycles. The minimum atomic E-state index is 0.328. The van der Waals surface area contributed by atoms with E-state index in [1.807, 2.05) is 42.5 Å². The lowest BCUT2D eigenvalue weighted by Crippen LogP contribution is -2.15. The summed E-state index contributed by atoms with van der Waals surface area (Å²) in [5.74, 6) is 2.27. The number of halogens is 1. The topological polar surface area (TPSA) is 52.3 Å². The molecule has 0 saturated carbocycles. The molecule has 3 aromatic rings. The molecule has 1 aliphatic heterocycles. The first kappa shape index (κ1) is 15.4. The van der Waals surface area contributed by atoms with E-state index in [4.69, 9.17) is 9.84 Å². The summed E-state index contributed by atoms with van der Waals surface area (Å²) in [5.41, 5.74) is 2.10. The van der Waals surface area contributed by atoms with Crippen molar-refractivity contribution in [3.63, 3.8) is 0 Å². The molecule has 2 heterocycles. The Balaban J connectivity index is 1.58. The molecule has 2 aromatic carbocycles. The third-order valence-electron chi connectivity index (χ3n) is 3.52. The molecule has 1 aliphatic rings. The molecule has 5 nitrogen and oxygen atoms in total. The number of thioether (sulfide) groups is 1. The van der Waals surface area contributed by atoms with Gasteiger partial charge in [0.2, 0.25) is 5.16 Å². The van der Waals surface area contributed by atoms with Crippen molar-refractivity contribution in [1.29, 1.82) is 0 Å². The number of fused-ring (bicyclic) bond motifs is 1. The van der Waals surface area contributed by atoms with E-state index in [1.54, 1.807) is 16.4 Å². The maximum Gasteiger partial charge on any atom is 0.212 e. The molecule has 0 radical (unpaired) electrons. The molecule has 0 N–H and O–H groups in total. The van der Waals surface area contributed by atoms with Crippen LogP contribution in [-0.4, -0.2) is 26.3 Å². The van der Waals surface area contributed by atoms with Crippen LogP contribution in [0.4, 0.5) is 0 Å². The molecule has 0 amide bonds. The highest BCUT2D eigenvalue weighted by Crippen LogP contribution is 2.25. The zero-order valence-electron chi connectivity index (χ0n) is 12.6. The molecule has 7 heteroatoms. The van der Waals surface area contributed by atoms with Gasteiger partial charge < -0.3 is 4.74 Å². The van der Waals surface area contributed by atoms with Crippen molar-refractivity contribution in [3.8, 4) is 5.75 Å². The number of aromatic nitrogens is 3. The molecule has 0 fully saturated rings. The van der Waals surface area contributed by atoms with Crippen molar-refractivity contribution in [1.82, 2.24) is 14.9 Å². The van der Waals surface area contributed by atoms with E-state index in [0.717, 1.165) is 32.4 Å². The number of ether oxygens (including phenoxy) is 1. The molecule has 4 rings (SSSR count). The van der Waals surface area contributed by atoms with Gasteiger partial charge in [0.05, 0.1) is 5.71 Å². The average Bonchev–Trinajstić information content (AvgIpc) is 3.04. The third-order valence-corrected chi connectivity index (χ3v) is 4.98. The van der Waals surface area contributed by atoms with Crippen LogP contribution >= 0.6 is 27.7 Å². The predicted octanol–water partition coefficient (Wildman–Crippen LogP) is 3.98. The Morgan fingerprint density at radius 3 is 2.62 bits per heavy atom. The van der Waals surface area contributed by atoms with Crippen LogP contribution in [0.3, 0.4) is 0 Å². The zero-order valence-corrected chi connectivity index (χ0v) is 15.0. The quantitative estimate of drug-likeness (QED) is 0.664. The summed E-state index contributed by atoms with van der Waals surface area (Å²) in [6.45, 7) is 0.328. The predicted molar refractivity (Wildman–Crippen MR) is 97.6 cm³/mol. The fraction of sp³-hybridized carbons (Fsp3) is 0.118. The second-order valence-electron chi connectivity index (χ2n) is 5.15. The van der Waals surface area contributed by atoms with E-state index in [1.165, 1.54) is 0 Å². The molecule has 120 valence electrons. The van der Waals surface area contributed by atoms with Crippen molar-refractivity contribution in [2.45, 2.75) is 11.8 Å². The van der Waals surface area contributed by atoms with Crippen LogP contribution in [0.1, 0.15) is 11.4 Å². The Bertz CT molecular complexity index is 877. The van der Waals surface area contributed by atoms with Gasteiger partial charge in [-0.25, -0.2) is 0 Å². The Morgan fingerprint density at radius 2 is 1.83 bits per heavy atom. The molecular formula is C17H13BrN4OS. The van der Waals surface area contributed by atoms with Crippen LogP contribution in [0.15, 0.2) is 69.3 Å². The lowest BCUT2D eigenvalue weighted by Gasteiger charge is -2.14. The molecule has 0 saturated heterocycles. The molecule has 0 unspecified atom stereocenters. The Labute approximate surface area is 151 Å². The number of para-hydroxylation sites is 1. The van der Waals surface area contributed by atoms with Gasteiger partial charge in [-0.05, 0) is 29.8 Å². The second-order valence-corrected chi connectivity index (χ2v) is 7.01. The van der Waals surface area contributed by atoms with Crippen LogP contribution < -0.4 is 4.74 Å². The van der Waals surface area contributed by atoms with E-state index in [0.29, 0.717) is 12.4 Å². The highest BCUT2D eigenvalue weighted by atomic mass is 79.9. The van der Waals surface area contributed by atoms with Gasteiger partial charge in [0.15, 0.2) is 5.82 Å². The molecule has 0 bridgehead atoms. The summed E-state index contributed by atoms with van der Waals surface area (Å²) in [6, 6.07) is 17.8. The van der Waals surface area contributed by atoms with Gasteiger partial charge in [-0.1, -0.05) is 58.0 Å². The SMILES string of the molecule is Brc1ccc(C2=Nn3c(COc4ccccc4)nnc3SC2)cc1. The van der Waals surface area contributed by atoms with Gasteiger partial charge in [-0.15, -0.1) is 10.2 Å². The van der Waals surface area contributed by atoms with Crippen LogP contribution in [0.2, 0.25) is 0 Å². The monoisotopic (exact) mass is 400 g/mol.